The first-order chi connectivity index (χ1) is 16.1. The number of halogens is 2. The molecule has 0 radical (unpaired) electrons. The van der Waals surface area contributed by atoms with Gasteiger partial charge in [-0.05, 0) is 56.2 Å². The summed E-state index contributed by atoms with van der Waals surface area (Å²) in [6, 6.07) is 8.37. The summed E-state index contributed by atoms with van der Waals surface area (Å²) >= 11 is 0. The molecule has 1 aromatic carbocycles. The minimum Gasteiger partial charge on any atom is -0.366 e. The van der Waals surface area contributed by atoms with Gasteiger partial charge in [0.05, 0.1) is 6.33 Å². The first-order valence-electron chi connectivity index (χ1n) is 12.0. The predicted octanol–water partition coefficient (Wildman–Crippen LogP) is 4.18. The highest BCUT2D eigenvalue weighted by Crippen LogP contribution is 2.33. The SMILES string of the molecule is Cl.Cl.NC(=O)c1cccc(CNc2nc(N[C@H]3CC[C@H](N)CC3)nc3c2ncn3C2CCCC2)c1. The van der Waals surface area contributed by atoms with Gasteiger partial charge < -0.3 is 26.7 Å². The number of benzene rings is 1. The Labute approximate surface area is 217 Å². The van der Waals surface area contributed by atoms with Crippen LogP contribution >= 0.6 is 24.8 Å². The molecule has 35 heavy (non-hydrogen) atoms. The summed E-state index contributed by atoms with van der Waals surface area (Å²) in [5, 5.41) is 6.96. The summed E-state index contributed by atoms with van der Waals surface area (Å²) in [4.78, 5) is 25.9. The van der Waals surface area contributed by atoms with Crippen LogP contribution in [0.25, 0.3) is 11.2 Å². The Hall–Kier alpha value is -2.62. The quantitative estimate of drug-likeness (QED) is 0.366. The normalized spacial score (nSPS) is 20.1. The first-order valence-corrected chi connectivity index (χ1v) is 12.0. The number of hydrogen-bond acceptors (Lipinski definition) is 7. The second-order valence-corrected chi connectivity index (χ2v) is 9.33. The molecule has 9 nitrogen and oxygen atoms in total. The molecule has 0 unspecified atom stereocenters. The van der Waals surface area contributed by atoms with Gasteiger partial charge in [0, 0.05) is 30.2 Å². The van der Waals surface area contributed by atoms with Crippen molar-refractivity contribution in [1.29, 1.82) is 0 Å². The van der Waals surface area contributed by atoms with Crippen LogP contribution in [0.4, 0.5) is 11.8 Å². The minimum atomic E-state index is -0.435. The maximum atomic E-state index is 11.5. The van der Waals surface area contributed by atoms with Crippen molar-refractivity contribution in [3.8, 4) is 0 Å². The van der Waals surface area contributed by atoms with Crippen LogP contribution in [0.1, 0.15) is 73.3 Å². The molecule has 2 aliphatic rings. The zero-order chi connectivity index (χ0) is 22.8. The number of primary amides is 1. The smallest absolute Gasteiger partial charge is 0.248 e. The lowest BCUT2D eigenvalue weighted by Crippen LogP contribution is -2.33. The molecule has 1 amide bonds. The Morgan fingerprint density at radius 3 is 2.51 bits per heavy atom. The summed E-state index contributed by atoms with van der Waals surface area (Å²) in [7, 11) is 0. The molecule has 0 atom stereocenters. The van der Waals surface area contributed by atoms with Gasteiger partial charge in [0.1, 0.15) is 0 Å². The number of rotatable bonds is 7. The van der Waals surface area contributed by atoms with E-state index in [1.807, 2.05) is 18.5 Å². The minimum absolute atomic E-state index is 0. The van der Waals surface area contributed by atoms with E-state index in [-0.39, 0.29) is 24.8 Å². The lowest BCUT2D eigenvalue weighted by atomic mass is 9.92. The van der Waals surface area contributed by atoms with Gasteiger partial charge in [-0.15, -0.1) is 24.8 Å². The molecule has 0 saturated heterocycles. The molecular formula is C24H34Cl2N8O. The summed E-state index contributed by atoms with van der Waals surface area (Å²) in [5.41, 5.74) is 14.6. The maximum absolute atomic E-state index is 11.5. The van der Waals surface area contributed by atoms with Crippen molar-refractivity contribution in [1.82, 2.24) is 19.5 Å². The van der Waals surface area contributed by atoms with E-state index in [9.17, 15) is 4.79 Å². The van der Waals surface area contributed by atoms with Crippen molar-refractivity contribution < 1.29 is 4.79 Å². The molecule has 2 aromatic heterocycles. The highest BCUT2D eigenvalue weighted by molar-refractivity contribution is 5.93. The molecule has 0 aliphatic heterocycles. The van der Waals surface area contributed by atoms with E-state index in [0.29, 0.717) is 42.0 Å². The Bertz CT molecular complexity index is 1140. The third kappa shape index (κ3) is 6.15. The Balaban J connectivity index is 0.00000171. The second-order valence-electron chi connectivity index (χ2n) is 9.33. The van der Waals surface area contributed by atoms with Crippen LogP contribution in [-0.4, -0.2) is 37.5 Å². The number of carbonyl (C=O) groups is 1. The average molecular weight is 521 g/mol. The molecule has 2 aliphatic carbocycles. The molecule has 5 rings (SSSR count). The van der Waals surface area contributed by atoms with Gasteiger partial charge in [-0.2, -0.15) is 9.97 Å². The van der Waals surface area contributed by atoms with Crippen LogP contribution in [0.15, 0.2) is 30.6 Å². The Morgan fingerprint density at radius 1 is 1.06 bits per heavy atom. The number of anilines is 2. The molecule has 0 spiro atoms. The van der Waals surface area contributed by atoms with Crippen molar-refractivity contribution in [3.05, 3.63) is 41.7 Å². The molecule has 2 heterocycles. The molecule has 2 fully saturated rings. The Morgan fingerprint density at radius 2 is 1.80 bits per heavy atom. The van der Waals surface area contributed by atoms with E-state index in [1.54, 1.807) is 12.1 Å². The fraction of sp³-hybridized carbons (Fsp3) is 0.500. The molecule has 0 bridgehead atoms. The highest BCUT2D eigenvalue weighted by Gasteiger charge is 2.23. The van der Waals surface area contributed by atoms with Crippen molar-refractivity contribution in [3.63, 3.8) is 0 Å². The number of hydrogen-bond donors (Lipinski definition) is 4. The number of amides is 1. The topological polar surface area (TPSA) is 137 Å². The van der Waals surface area contributed by atoms with Crippen molar-refractivity contribution in [2.24, 2.45) is 11.5 Å². The van der Waals surface area contributed by atoms with Crippen molar-refractivity contribution >= 4 is 53.7 Å². The summed E-state index contributed by atoms with van der Waals surface area (Å²) in [5.74, 6) is 0.877. The fourth-order valence-electron chi connectivity index (χ4n) is 5.02. The van der Waals surface area contributed by atoms with Crippen LogP contribution in [0.2, 0.25) is 0 Å². The van der Waals surface area contributed by atoms with Gasteiger partial charge in [0.15, 0.2) is 17.0 Å². The number of nitrogens with two attached hydrogens (primary N) is 2. The molecule has 3 aromatic rings. The van der Waals surface area contributed by atoms with Crippen LogP contribution < -0.4 is 22.1 Å². The van der Waals surface area contributed by atoms with Crippen LogP contribution in [0, 0.1) is 0 Å². The van der Waals surface area contributed by atoms with Crippen LogP contribution in [-0.2, 0) is 6.54 Å². The van der Waals surface area contributed by atoms with Gasteiger partial charge in [-0.1, -0.05) is 25.0 Å². The molecule has 6 N–H and O–H groups in total. The van der Waals surface area contributed by atoms with Crippen molar-refractivity contribution in [2.45, 2.75) is 76.0 Å². The zero-order valence-electron chi connectivity index (χ0n) is 19.7. The van der Waals surface area contributed by atoms with Crippen molar-refractivity contribution in [2.75, 3.05) is 10.6 Å². The number of nitrogens with one attached hydrogen (secondary N) is 2. The fourth-order valence-corrected chi connectivity index (χ4v) is 5.02. The maximum Gasteiger partial charge on any atom is 0.248 e. The molecule has 190 valence electrons. The van der Waals surface area contributed by atoms with Gasteiger partial charge >= 0.3 is 0 Å². The standard InChI is InChI=1S/C24H32N8O.2ClH/c25-17-8-10-18(11-9-17)29-24-30-22(27-13-15-4-3-5-16(12-15)21(26)33)20-23(31-24)32(14-28-20)19-6-1-2-7-19;;/h3-5,12,14,17-19H,1-2,6-11,13,25H2,(H2,26,33)(H2,27,29,30,31);2*1H/t17-,18-;;. The molecule has 11 heteroatoms. The third-order valence-corrected chi connectivity index (χ3v) is 6.92. The van der Waals surface area contributed by atoms with Gasteiger partial charge in [0.2, 0.25) is 11.9 Å². The molecular weight excluding hydrogens is 487 g/mol. The summed E-state index contributed by atoms with van der Waals surface area (Å²) < 4.78 is 2.21. The van der Waals surface area contributed by atoms with E-state index in [1.165, 1.54) is 12.8 Å². The third-order valence-electron chi connectivity index (χ3n) is 6.92. The van der Waals surface area contributed by atoms with E-state index in [0.717, 1.165) is 55.3 Å². The summed E-state index contributed by atoms with van der Waals surface area (Å²) in [6.45, 7) is 0.501. The van der Waals surface area contributed by atoms with E-state index < -0.39 is 5.91 Å². The van der Waals surface area contributed by atoms with E-state index in [4.69, 9.17) is 21.4 Å². The number of fused-ring (bicyclic) bond motifs is 1. The second kappa shape index (κ2) is 11.9. The molecule has 2 saturated carbocycles. The highest BCUT2D eigenvalue weighted by atomic mass is 35.5. The predicted molar refractivity (Wildman–Crippen MR) is 143 cm³/mol. The van der Waals surface area contributed by atoms with Gasteiger partial charge in [-0.25, -0.2) is 4.98 Å². The van der Waals surface area contributed by atoms with Gasteiger partial charge in [0.25, 0.3) is 0 Å². The monoisotopic (exact) mass is 520 g/mol. The first kappa shape index (κ1) is 27.0. The summed E-state index contributed by atoms with van der Waals surface area (Å²) in [6.07, 6.45) is 10.8. The lowest BCUT2D eigenvalue weighted by molar-refractivity contribution is 0.1000. The Kier molecular flexibility index (Phi) is 9.15. The van der Waals surface area contributed by atoms with E-state index >= 15 is 0 Å². The van der Waals surface area contributed by atoms with Crippen LogP contribution in [0.3, 0.4) is 0 Å². The van der Waals surface area contributed by atoms with E-state index in [2.05, 4.69) is 20.2 Å². The number of imidazole rings is 1. The number of nitrogens with zero attached hydrogens (tertiary/aromatic N) is 4. The number of carbonyl (C=O) groups excluding carboxylic acids is 1. The average Bonchev–Trinajstić information content (AvgIpc) is 3.49. The zero-order valence-corrected chi connectivity index (χ0v) is 21.3. The van der Waals surface area contributed by atoms with Gasteiger partial charge in [-0.3, -0.25) is 4.79 Å². The lowest BCUT2D eigenvalue weighted by Gasteiger charge is -2.27. The number of aromatic nitrogens is 4. The van der Waals surface area contributed by atoms with Crippen LogP contribution in [0.5, 0.6) is 0 Å². The largest absolute Gasteiger partial charge is 0.366 e.